The minimum atomic E-state index is 0.672. The standard InChI is InChI=1S/C18H31N3O/c1-5-12-22-14-17-9-7-6-8-16(17)13-21-18(19-4)20-11-10-15(2)3/h6-9,15H,5,10-14H2,1-4H3,(H2,19,20,21). The molecule has 0 fully saturated rings. The van der Waals surface area contributed by atoms with Gasteiger partial charge in [0.05, 0.1) is 6.61 Å². The van der Waals surface area contributed by atoms with Crippen molar-refractivity contribution in [2.24, 2.45) is 10.9 Å². The van der Waals surface area contributed by atoms with Gasteiger partial charge in [0.25, 0.3) is 0 Å². The molecule has 0 aliphatic heterocycles. The van der Waals surface area contributed by atoms with Crippen LogP contribution in [0.15, 0.2) is 29.3 Å². The van der Waals surface area contributed by atoms with E-state index in [4.69, 9.17) is 4.74 Å². The van der Waals surface area contributed by atoms with Crippen molar-refractivity contribution in [3.63, 3.8) is 0 Å². The molecule has 2 N–H and O–H groups in total. The Morgan fingerprint density at radius 2 is 1.91 bits per heavy atom. The third-order valence-electron chi connectivity index (χ3n) is 3.41. The van der Waals surface area contributed by atoms with Crippen LogP contribution in [0.4, 0.5) is 0 Å². The van der Waals surface area contributed by atoms with Crippen LogP contribution in [0, 0.1) is 5.92 Å². The molecule has 1 rings (SSSR count). The van der Waals surface area contributed by atoms with Gasteiger partial charge in [-0.05, 0) is 29.9 Å². The highest BCUT2D eigenvalue weighted by Gasteiger charge is 2.04. The van der Waals surface area contributed by atoms with Crippen LogP contribution >= 0.6 is 0 Å². The second kappa shape index (κ2) is 11.1. The lowest BCUT2D eigenvalue weighted by Crippen LogP contribution is -2.37. The van der Waals surface area contributed by atoms with E-state index < -0.39 is 0 Å². The number of nitrogens with one attached hydrogen (secondary N) is 2. The molecule has 0 amide bonds. The lowest BCUT2D eigenvalue weighted by Gasteiger charge is -2.15. The summed E-state index contributed by atoms with van der Waals surface area (Å²) in [4.78, 5) is 4.27. The zero-order valence-electron chi connectivity index (χ0n) is 14.5. The van der Waals surface area contributed by atoms with E-state index in [1.165, 1.54) is 11.1 Å². The molecule has 4 heteroatoms. The van der Waals surface area contributed by atoms with Crippen molar-refractivity contribution < 1.29 is 4.74 Å². The van der Waals surface area contributed by atoms with Crippen LogP contribution < -0.4 is 10.6 Å². The Kier molecular flexibility index (Phi) is 9.31. The number of ether oxygens (including phenoxy) is 1. The SMILES string of the molecule is CCCOCc1ccccc1CNC(=NC)NCCC(C)C. The molecular weight excluding hydrogens is 274 g/mol. The number of hydrogen-bond acceptors (Lipinski definition) is 2. The maximum atomic E-state index is 5.66. The fraction of sp³-hybridized carbons (Fsp3) is 0.611. The number of nitrogens with zero attached hydrogens (tertiary/aromatic N) is 1. The van der Waals surface area contributed by atoms with E-state index in [2.05, 4.69) is 60.7 Å². The van der Waals surface area contributed by atoms with Crippen LogP contribution in [0.25, 0.3) is 0 Å². The second-order valence-corrected chi connectivity index (χ2v) is 5.86. The van der Waals surface area contributed by atoms with E-state index >= 15 is 0 Å². The van der Waals surface area contributed by atoms with E-state index in [0.717, 1.165) is 38.5 Å². The smallest absolute Gasteiger partial charge is 0.191 e. The van der Waals surface area contributed by atoms with Gasteiger partial charge in [-0.3, -0.25) is 4.99 Å². The summed E-state index contributed by atoms with van der Waals surface area (Å²) in [6.45, 7) is 9.76. The summed E-state index contributed by atoms with van der Waals surface area (Å²) in [6, 6.07) is 8.39. The van der Waals surface area contributed by atoms with Crippen molar-refractivity contribution in [3.8, 4) is 0 Å². The maximum absolute atomic E-state index is 5.66. The van der Waals surface area contributed by atoms with Gasteiger partial charge in [-0.2, -0.15) is 0 Å². The van der Waals surface area contributed by atoms with Crippen LogP contribution in [0.1, 0.15) is 44.7 Å². The highest BCUT2D eigenvalue weighted by Crippen LogP contribution is 2.10. The molecule has 0 radical (unpaired) electrons. The predicted molar refractivity (Wildman–Crippen MR) is 94.0 cm³/mol. The molecule has 124 valence electrons. The molecule has 0 aliphatic rings. The summed E-state index contributed by atoms with van der Waals surface area (Å²) in [5.41, 5.74) is 2.49. The highest BCUT2D eigenvalue weighted by atomic mass is 16.5. The second-order valence-electron chi connectivity index (χ2n) is 5.86. The van der Waals surface area contributed by atoms with Crippen molar-refractivity contribution in [2.75, 3.05) is 20.2 Å². The van der Waals surface area contributed by atoms with Crippen LogP contribution in [0.2, 0.25) is 0 Å². The first-order chi connectivity index (χ1) is 10.7. The zero-order valence-corrected chi connectivity index (χ0v) is 14.5. The molecule has 0 aromatic heterocycles. The molecule has 22 heavy (non-hydrogen) atoms. The molecule has 0 unspecified atom stereocenters. The fourth-order valence-electron chi connectivity index (χ4n) is 2.08. The van der Waals surface area contributed by atoms with E-state index in [1.54, 1.807) is 7.05 Å². The van der Waals surface area contributed by atoms with E-state index in [9.17, 15) is 0 Å². The molecule has 4 nitrogen and oxygen atoms in total. The average Bonchev–Trinajstić information content (AvgIpc) is 2.51. The fourth-order valence-corrected chi connectivity index (χ4v) is 2.08. The molecule has 1 aromatic carbocycles. The molecule has 1 aromatic rings. The zero-order chi connectivity index (χ0) is 16.2. The van der Waals surface area contributed by atoms with Gasteiger partial charge in [0.15, 0.2) is 5.96 Å². The summed E-state index contributed by atoms with van der Waals surface area (Å²) in [6.07, 6.45) is 2.19. The summed E-state index contributed by atoms with van der Waals surface area (Å²) < 4.78 is 5.66. The quantitative estimate of drug-likeness (QED) is 0.418. The number of rotatable bonds is 9. The van der Waals surface area contributed by atoms with Crippen molar-refractivity contribution in [1.29, 1.82) is 0 Å². The van der Waals surface area contributed by atoms with Gasteiger partial charge in [-0.1, -0.05) is 45.0 Å². The number of hydrogen-bond donors (Lipinski definition) is 2. The van der Waals surface area contributed by atoms with Gasteiger partial charge >= 0.3 is 0 Å². The van der Waals surface area contributed by atoms with E-state index in [-0.39, 0.29) is 0 Å². The molecule has 0 saturated heterocycles. The molecular formula is C18H31N3O. The number of guanidine groups is 1. The molecule has 0 atom stereocenters. The van der Waals surface area contributed by atoms with Crippen LogP contribution in [0.5, 0.6) is 0 Å². The largest absolute Gasteiger partial charge is 0.377 e. The van der Waals surface area contributed by atoms with Crippen LogP contribution in [0.3, 0.4) is 0 Å². The Balaban J connectivity index is 2.48. The van der Waals surface area contributed by atoms with Crippen molar-refractivity contribution >= 4 is 5.96 Å². The minimum absolute atomic E-state index is 0.672. The van der Waals surface area contributed by atoms with Gasteiger partial charge < -0.3 is 15.4 Å². The van der Waals surface area contributed by atoms with E-state index in [1.807, 2.05) is 0 Å². The van der Waals surface area contributed by atoms with Gasteiger partial charge in [-0.15, -0.1) is 0 Å². The number of benzene rings is 1. The molecule has 0 aliphatic carbocycles. The lowest BCUT2D eigenvalue weighted by molar-refractivity contribution is 0.121. The van der Waals surface area contributed by atoms with Gasteiger partial charge in [0, 0.05) is 26.7 Å². The normalized spacial score (nSPS) is 11.8. The minimum Gasteiger partial charge on any atom is -0.377 e. The van der Waals surface area contributed by atoms with Crippen molar-refractivity contribution in [1.82, 2.24) is 10.6 Å². The van der Waals surface area contributed by atoms with Crippen LogP contribution in [-0.4, -0.2) is 26.2 Å². The van der Waals surface area contributed by atoms with Gasteiger partial charge in [0.1, 0.15) is 0 Å². The van der Waals surface area contributed by atoms with Crippen molar-refractivity contribution in [2.45, 2.75) is 46.8 Å². The van der Waals surface area contributed by atoms with E-state index in [0.29, 0.717) is 12.5 Å². The Morgan fingerprint density at radius 1 is 1.18 bits per heavy atom. The lowest BCUT2D eigenvalue weighted by atomic mass is 10.1. The van der Waals surface area contributed by atoms with Gasteiger partial charge in [0.2, 0.25) is 0 Å². The first kappa shape index (κ1) is 18.5. The van der Waals surface area contributed by atoms with Gasteiger partial charge in [-0.25, -0.2) is 0 Å². The van der Waals surface area contributed by atoms with Crippen LogP contribution in [-0.2, 0) is 17.9 Å². The third-order valence-corrected chi connectivity index (χ3v) is 3.41. The Morgan fingerprint density at radius 3 is 2.55 bits per heavy atom. The Labute approximate surface area is 135 Å². The third kappa shape index (κ3) is 7.46. The first-order valence-corrected chi connectivity index (χ1v) is 8.26. The first-order valence-electron chi connectivity index (χ1n) is 8.26. The summed E-state index contributed by atoms with van der Waals surface area (Å²) >= 11 is 0. The summed E-state index contributed by atoms with van der Waals surface area (Å²) in [7, 11) is 1.81. The summed E-state index contributed by atoms with van der Waals surface area (Å²) in [5, 5.41) is 6.72. The molecule has 0 heterocycles. The highest BCUT2D eigenvalue weighted by molar-refractivity contribution is 5.79. The average molecular weight is 305 g/mol. The molecule has 0 spiro atoms. The Bertz CT molecular complexity index is 444. The molecule has 0 saturated carbocycles. The Hall–Kier alpha value is -1.55. The summed E-state index contributed by atoms with van der Waals surface area (Å²) in [5.74, 6) is 1.55. The topological polar surface area (TPSA) is 45.6 Å². The predicted octanol–water partition coefficient (Wildman–Crippen LogP) is 3.32. The van der Waals surface area contributed by atoms with Crippen molar-refractivity contribution in [3.05, 3.63) is 35.4 Å². The molecule has 0 bridgehead atoms. The maximum Gasteiger partial charge on any atom is 0.191 e. The number of aliphatic imine (C=N–C) groups is 1. The monoisotopic (exact) mass is 305 g/mol.